The van der Waals surface area contributed by atoms with E-state index >= 15 is 0 Å². The Balaban J connectivity index is 1.74. The van der Waals surface area contributed by atoms with Crippen molar-refractivity contribution in [2.75, 3.05) is 31.1 Å². The van der Waals surface area contributed by atoms with Crippen LogP contribution >= 0.6 is 0 Å². The summed E-state index contributed by atoms with van der Waals surface area (Å²) < 4.78 is 11.4. The van der Waals surface area contributed by atoms with Crippen LogP contribution in [0.2, 0.25) is 0 Å². The van der Waals surface area contributed by atoms with Gasteiger partial charge in [0.25, 0.3) is 0 Å². The number of amides is 1. The molecule has 1 aliphatic heterocycles. The molecule has 8 nitrogen and oxygen atoms in total. The molecule has 174 valence electrons. The van der Waals surface area contributed by atoms with Crippen LogP contribution in [0.1, 0.15) is 59.9 Å². The van der Waals surface area contributed by atoms with Crippen molar-refractivity contribution in [2.24, 2.45) is 0 Å². The van der Waals surface area contributed by atoms with Crippen LogP contribution in [0.25, 0.3) is 11.4 Å². The smallest absolute Gasteiger partial charge is 0.410 e. The summed E-state index contributed by atoms with van der Waals surface area (Å²) in [5.41, 5.74) is 1.56. The third-order valence-corrected chi connectivity index (χ3v) is 5.03. The van der Waals surface area contributed by atoms with Crippen LogP contribution in [-0.4, -0.2) is 63.8 Å². The lowest BCUT2D eigenvalue weighted by Crippen LogP contribution is -2.50. The molecule has 3 rings (SSSR count). The van der Waals surface area contributed by atoms with E-state index in [0.29, 0.717) is 43.9 Å². The highest BCUT2D eigenvalue weighted by atomic mass is 16.6. The zero-order valence-corrected chi connectivity index (χ0v) is 20.3. The van der Waals surface area contributed by atoms with Gasteiger partial charge < -0.3 is 19.3 Å². The lowest BCUT2D eigenvalue weighted by Gasteiger charge is -2.35. The van der Waals surface area contributed by atoms with Crippen molar-refractivity contribution in [3.63, 3.8) is 0 Å². The molecule has 1 amide bonds. The van der Waals surface area contributed by atoms with Crippen molar-refractivity contribution in [1.29, 1.82) is 0 Å². The van der Waals surface area contributed by atoms with Gasteiger partial charge in [-0.15, -0.1) is 0 Å². The number of nitrogens with zero attached hydrogens (tertiary/aromatic N) is 5. The normalized spacial score (nSPS) is 14.8. The minimum absolute atomic E-state index is 0.112. The number of carbonyl (C=O) groups is 1. The molecule has 0 unspecified atom stereocenters. The molecule has 2 heterocycles. The fourth-order valence-electron chi connectivity index (χ4n) is 3.49. The molecule has 0 N–H and O–H groups in total. The number of ether oxygens (including phenoxy) is 2. The first-order chi connectivity index (χ1) is 15.0. The summed E-state index contributed by atoms with van der Waals surface area (Å²) in [6.07, 6.45) is 1.38. The first-order valence-corrected chi connectivity index (χ1v) is 11.3. The minimum Gasteiger partial charge on any atom is -0.491 e. The summed E-state index contributed by atoms with van der Waals surface area (Å²) in [6.45, 7) is 16.4. The van der Waals surface area contributed by atoms with Gasteiger partial charge in [0, 0.05) is 31.7 Å². The molecule has 0 saturated carbocycles. The molecule has 32 heavy (non-hydrogen) atoms. The Labute approximate surface area is 191 Å². The fourth-order valence-corrected chi connectivity index (χ4v) is 3.49. The van der Waals surface area contributed by atoms with E-state index in [1.807, 2.05) is 46.8 Å². The van der Waals surface area contributed by atoms with Crippen LogP contribution in [0.4, 0.5) is 10.7 Å². The molecule has 8 heteroatoms. The van der Waals surface area contributed by atoms with Gasteiger partial charge in [-0.3, -0.25) is 0 Å². The number of rotatable bonds is 5. The summed E-state index contributed by atoms with van der Waals surface area (Å²) >= 11 is 0. The largest absolute Gasteiger partial charge is 0.491 e. The Hall–Kier alpha value is -2.90. The predicted octanol–water partition coefficient (Wildman–Crippen LogP) is 4.51. The topological polar surface area (TPSA) is 80.7 Å². The standard InChI is InChI=1S/C24H35N5O3/c1-16(2)19-14-18(8-9-20(19)31-17(3)4)21-25-15-26-22(27-21)28-10-12-29(13-11-28)23(30)32-24(5,6)7/h8-9,14-17H,10-13H2,1-7H3. The van der Waals surface area contributed by atoms with Crippen molar-refractivity contribution >= 4 is 12.0 Å². The van der Waals surface area contributed by atoms with Crippen molar-refractivity contribution < 1.29 is 14.3 Å². The summed E-state index contributed by atoms with van der Waals surface area (Å²) in [6, 6.07) is 6.08. The maximum atomic E-state index is 12.3. The Morgan fingerprint density at radius 3 is 2.31 bits per heavy atom. The maximum absolute atomic E-state index is 12.3. The van der Waals surface area contributed by atoms with E-state index in [1.54, 1.807) is 11.2 Å². The van der Waals surface area contributed by atoms with Crippen LogP contribution in [-0.2, 0) is 4.74 Å². The van der Waals surface area contributed by atoms with Crippen molar-refractivity contribution in [2.45, 2.75) is 66.1 Å². The Bertz CT molecular complexity index is 931. The van der Waals surface area contributed by atoms with Crippen molar-refractivity contribution in [3.05, 3.63) is 30.1 Å². The number of carbonyl (C=O) groups excluding carboxylic acids is 1. The van der Waals surface area contributed by atoms with Gasteiger partial charge in [0.2, 0.25) is 5.95 Å². The third-order valence-electron chi connectivity index (χ3n) is 5.03. The molecule has 0 aliphatic carbocycles. The molecule has 0 radical (unpaired) electrons. The molecule has 0 spiro atoms. The maximum Gasteiger partial charge on any atom is 0.410 e. The van der Waals surface area contributed by atoms with Gasteiger partial charge in [0.05, 0.1) is 6.10 Å². The lowest BCUT2D eigenvalue weighted by molar-refractivity contribution is 0.0240. The second-order valence-corrected chi connectivity index (χ2v) is 9.64. The van der Waals surface area contributed by atoms with E-state index in [0.717, 1.165) is 16.9 Å². The predicted molar refractivity (Wildman–Crippen MR) is 125 cm³/mol. The molecule has 0 atom stereocenters. The molecule has 2 aromatic rings. The van der Waals surface area contributed by atoms with Gasteiger partial charge in [0.15, 0.2) is 5.82 Å². The summed E-state index contributed by atoms with van der Waals surface area (Å²) in [5, 5.41) is 0. The Kier molecular flexibility index (Phi) is 7.21. The molecule has 1 aromatic heterocycles. The van der Waals surface area contributed by atoms with Gasteiger partial charge in [-0.1, -0.05) is 13.8 Å². The molecular formula is C24H35N5O3. The van der Waals surface area contributed by atoms with Crippen LogP contribution in [0.15, 0.2) is 24.5 Å². The van der Waals surface area contributed by atoms with Crippen LogP contribution in [0.3, 0.4) is 0 Å². The van der Waals surface area contributed by atoms with E-state index in [2.05, 4.69) is 34.8 Å². The molecular weight excluding hydrogens is 406 g/mol. The van der Waals surface area contributed by atoms with Crippen molar-refractivity contribution in [1.82, 2.24) is 19.9 Å². The summed E-state index contributed by atoms with van der Waals surface area (Å²) in [5.74, 6) is 2.45. The lowest BCUT2D eigenvalue weighted by atomic mass is 9.99. The zero-order valence-electron chi connectivity index (χ0n) is 20.3. The summed E-state index contributed by atoms with van der Waals surface area (Å²) in [7, 11) is 0. The highest BCUT2D eigenvalue weighted by Gasteiger charge is 2.27. The Morgan fingerprint density at radius 2 is 1.72 bits per heavy atom. The zero-order chi connectivity index (χ0) is 23.5. The molecule has 1 aliphatic rings. The number of anilines is 1. The summed E-state index contributed by atoms with van der Waals surface area (Å²) in [4.78, 5) is 29.6. The van der Waals surface area contributed by atoms with E-state index < -0.39 is 5.60 Å². The first-order valence-electron chi connectivity index (χ1n) is 11.3. The van der Waals surface area contributed by atoms with Gasteiger partial charge in [-0.25, -0.2) is 14.8 Å². The van der Waals surface area contributed by atoms with Crippen LogP contribution in [0, 0.1) is 0 Å². The SMILES string of the molecule is CC(C)Oc1ccc(-c2ncnc(N3CCN(C(=O)OC(C)(C)C)CC3)n2)cc1C(C)C. The average Bonchev–Trinajstić information content (AvgIpc) is 2.72. The first kappa shape index (κ1) is 23.8. The highest BCUT2D eigenvalue weighted by molar-refractivity contribution is 5.68. The number of benzene rings is 1. The molecule has 0 bridgehead atoms. The molecule has 1 saturated heterocycles. The van der Waals surface area contributed by atoms with Gasteiger partial charge >= 0.3 is 6.09 Å². The molecule has 1 aromatic carbocycles. The van der Waals surface area contributed by atoms with E-state index in [-0.39, 0.29) is 12.2 Å². The minimum atomic E-state index is -0.498. The van der Waals surface area contributed by atoms with E-state index in [1.165, 1.54) is 0 Å². The number of hydrogen-bond acceptors (Lipinski definition) is 7. The van der Waals surface area contributed by atoms with Gasteiger partial charge in [-0.05, 0) is 64.3 Å². The fraction of sp³-hybridized carbons (Fsp3) is 0.583. The average molecular weight is 442 g/mol. The number of hydrogen-bond donors (Lipinski definition) is 0. The van der Waals surface area contributed by atoms with Crippen LogP contribution in [0.5, 0.6) is 5.75 Å². The second-order valence-electron chi connectivity index (χ2n) is 9.64. The number of piperazine rings is 1. The molecule has 1 fully saturated rings. The second kappa shape index (κ2) is 9.71. The van der Waals surface area contributed by atoms with E-state index in [4.69, 9.17) is 14.5 Å². The van der Waals surface area contributed by atoms with Gasteiger partial charge in [-0.2, -0.15) is 4.98 Å². The third kappa shape index (κ3) is 6.08. The van der Waals surface area contributed by atoms with Crippen molar-refractivity contribution in [3.8, 4) is 17.1 Å². The Morgan fingerprint density at radius 1 is 1.03 bits per heavy atom. The monoisotopic (exact) mass is 441 g/mol. The van der Waals surface area contributed by atoms with E-state index in [9.17, 15) is 4.79 Å². The highest BCUT2D eigenvalue weighted by Crippen LogP contribution is 2.31. The number of aromatic nitrogens is 3. The van der Waals surface area contributed by atoms with Crippen LogP contribution < -0.4 is 9.64 Å². The van der Waals surface area contributed by atoms with Gasteiger partial charge in [0.1, 0.15) is 17.7 Å². The quantitative estimate of drug-likeness (QED) is 0.675.